The van der Waals surface area contributed by atoms with Crippen molar-refractivity contribution in [2.24, 2.45) is 0 Å². The van der Waals surface area contributed by atoms with Crippen LogP contribution in [0.5, 0.6) is 0 Å². The van der Waals surface area contributed by atoms with E-state index in [4.69, 9.17) is 0 Å². The first-order valence-electron chi connectivity index (χ1n) is 5.85. The first kappa shape index (κ1) is 16.8. The molecule has 0 radical (unpaired) electrons. The Kier molecular flexibility index (Phi) is 6.31. The van der Waals surface area contributed by atoms with Crippen LogP contribution >= 0.6 is 0 Å². The maximum atomic E-state index is 12.1. The number of nitrogens with one attached hydrogen (secondary N) is 1. The number of ether oxygens (including phenoxy) is 1. The summed E-state index contributed by atoms with van der Waals surface area (Å²) in [6.07, 6.45) is 2.02. The third-order valence-electron chi connectivity index (χ3n) is 2.48. The molecular weight excluding hydrogens is 302 g/mol. The highest BCUT2D eigenvalue weighted by atomic mass is 32.2. The second-order valence-corrected chi connectivity index (χ2v) is 7.31. The minimum atomic E-state index is -3.79. The lowest BCUT2D eigenvalue weighted by Crippen LogP contribution is -2.27. The third kappa shape index (κ3) is 4.69. The van der Waals surface area contributed by atoms with Gasteiger partial charge in [-0.2, -0.15) is 0 Å². The lowest BCUT2D eigenvalue weighted by Gasteiger charge is -2.09. The summed E-state index contributed by atoms with van der Waals surface area (Å²) >= 11 is 0. The number of benzene rings is 1. The van der Waals surface area contributed by atoms with Crippen molar-refractivity contribution < 1.29 is 22.2 Å². The highest BCUT2D eigenvalue weighted by Crippen LogP contribution is 2.16. The second-order valence-electron chi connectivity index (χ2n) is 4.02. The van der Waals surface area contributed by atoms with E-state index in [2.05, 4.69) is 9.46 Å². The zero-order valence-electron chi connectivity index (χ0n) is 11.3. The van der Waals surface area contributed by atoms with Gasteiger partial charge in [0.15, 0.2) is 0 Å². The fraction of sp³-hybridized carbons (Fsp3) is 0.417. The van der Waals surface area contributed by atoms with Gasteiger partial charge in [0, 0.05) is 29.4 Å². The molecule has 0 bridgehead atoms. The van der Waals surface area contributed by atoms with Gasteiger partial charge in [0.2, 0.25) is 10.0 Å². The van der Waals surface area contributed by atoms with Gasteiger partial charge in [0.1, 0.15) is 0 Å². The van der Waals surface area contributed by atoms with Gasteiger partial charge in [-0.3, -0.25) is 4.21 Å². The van der Waals surface area contributed by atoms with E-state index in [-0.39, 0.29) is 17.0 Å². The number of hydrogen-bond acceptors (Lipinski definition) is 5. The molecule has 1 aromatic carbocycles. The average molecular weight is 319 g/mol. The van der Waals surface area contributed by atoms with Crippen LogP contribution in [-0.4, -0.2) is 44.3 Å². The van der Waals surface area contributed by atoms with Crippen LogP contribution in [-0.2, 0) is 25.6 Å². The molecule has 8 heteroatoms. The summed E-state index contributed by atoms with van der Waals surface area (Å²) in [4.78, 5) is 11.4. The molecule has 1 rings (SSSR count). The molecule has 0 fully saturated rings. The van der Waals surface area contributed by atoms with Crippen molar-refractivity contribution in [3.05, 3.63) is 29.8 Å². The third-order valence-corrected chi connectivity index (χ3v) is 4.87. The van der Waals surface area contributed by atoms with Crippen LogP contribution < -0.4 is 4.72 Å². The van der Waals surface area contributed by atoms with Gasteiger partial charge in [-0.05, 0) is 18.6 Å². The smallest absolute Gasteiger partial charge is 0.339 e. The lowest BCUT2D eigenvalue weighted by atomic mass is 10.2. The largest absolute Gasteiger partial charge is 0.465 e. The lowest BCUT2D eigenvalue weighted by molar-refractivity contribution is 0.0596. The Bertz CT molecular complexity index is 598. The average Bonchev–Trinajstić information content (AvgIpc) is 2.42. The van der Waals surface area contributed by atoms with Crippen molar-refractivity contribution in [3.8, 4) is 0 Å². The fourth-order valence-electron chi connectivity index (χ4n) is 1.54. The normalized spacial score (nSPS) is 12.9. The summed E-state index contributed by atoms with van der Waals surface area (Å²) in [6, 6.07) is 5.82. The molecule has 1 unspecified atom stereocenters. The predicted molar refractivity (Wildman–Crippen MR) is 76.5 cm³/mol. The molecular formula is C12H17NO5S2. The minimum absolute atomic E-state index is 0.0124. The van der Waals surface area contributed by atoms with Gasteiger partial charge in [0.05, 0.1) is 17.6 Å². The Morgan fingerprint density at radius 1 is 1.35 bits per heavy atom. The van der Waals surface area contributed by atoms with E-state index >= 15 is 0 Å². The van der Waals surface area contributed by atoms with Crippen molar-refractivity contribution in [2.45, 2.75) is 11.3 Å². The molecule has 0 aliphatic carbocycles. The Balaban J connectivity index is 2.87. The summed E-state index contributed by atoms with van der Waals surface area (Å²) in [5.74, 6) is -0.290. The Labute approximate surface area is 121 Å². The summed E-state index contributed by atoms with van der Waals surface area (Å²) in [7, 11) is -3.56. The molecule has 0 saturated heterocycles. The molecule has 0 saturated carbocycles. The van der Waals surface area contributed by atoms with Crippen LogP contribution in [0.4, 0.5) is 0 Å². The zero-order valence-corrected chi connectivity index (χ0v) is 12.9. The molecule has 20 heavy (non-hydrogen) atoms. The predicted octanol–water partition coefficient (Wildman–Crippen LogP) is 0.520. The topological polar surface area (TPSA) is 89.5 Å². The molecule has 0 aliphatic heterocycles. The number of methoxy groups -OCH3 is 1. The molecule has 0 aliphatic rings. The highest BCUT2D eigenvalue weighted by Gasteiger charge is 2.21. The summed E-state index contributed by atoms with van der Waals surface area (Å²) in [5.41, 5.74) is -0.0124. The zero-order chi connectivity index (χ0) is 15.2. The fourth-order valence-corrected chi connectivity index (χ4v) is 3.36. The van der Waals surface area contributed by atoms with Crippen LogP contribution in [0.3, 0.4) is 0 Å². The molecule has 0 spiro atoms. The van der Waals surface area contributed by atoms with Crippen molar-refractivity contribution in [2.75, 3.05) is 25.7 Å². The molecule has 6 nitrogen and oxygen atoms in total. The number of esters is 1. The first-order valence-corrected chi connectivity index (χ1v) is 9.06. The van der Waals surface area contributed by atoms with Crippen molar-refractivity contribution in [1.29, 1.82) is 0 Å². The van der Waals surface area contributed by atoms with Crippen molar-refractivity contribution >= 4 is 26.8 Å². The highest BCUT2D eigenvalue weighted by molar-refractivity contribution is 7.89. The van der Waals surface area contributed by atoms with Gasteiger partial charge in [-0.25, -0.2) is 17.9 Å². The van der Waals surface area contributed by atoms with E-state index in [0.29, 0.717) is 12.2 Å². The molecule has 112 valence electrons. The Morgan fingerprint density at radius 2 is 2.00 bits per heavy atom. The van der Waals surface area contributed by atoms with Crippen LogP contribution in [0, 0.1) is 0 Å². The van der Waals surface area contributed by atoms with Crippen LogP contribution in [0.25, 0.3) is 0 Å². The van der Waals surface area contributed by atoms with Gasteiger partial charge >= 0.3 is 5.97 Å². The van der Waals surface area contributed by atoms with E-state index < -0.39 is 26.8 Å². The number of sulfonamides is 1. The van der Waals surface area contributed by atoms with Gasteiger partial charge in [-0.1, -0.05) is 12.1 Å². The van der Waals surface area contributed by atoms with Gasteiger partial charge < -0.3 is 4.74 Å². The van der Waals surface area contributed by atoms with E-state index in [1.165, 1.54) is 25.3 Å². The van der Waals surface area contributed by atoms with Crippen molar-refractivity contribution in [3.63, 3.8) is 0 Å². The molecule has 1 aromatic rings. The molecule has 0 heterocycles. The van der Waals surface area contributed by atoms with E-state index in [1.807, 2.05) is 0 Å². The Morgan fingerprint density at radius 3 is 2.60 bits per heavy atom. The van der Waals surface area contributed by atoms with E-state index in [0.717, 1.165) is 0 Å². The maximum absolute atomic E-state index is 12.1. The minimum Gasteiger partial charge on any atom is -0.465 e. The molecule has 1 atom stereocenters. The van der Waals surface area contributed by atoms with Crippen molar-refractivity contribution in [1.82, 2.24) is 4.72 Å². The maximum Gasteiger partial charge on any atom is 0.339 e. The number of rotatable bonds is 7. The van der Waals surface area contributed by atoms with Crippen LogP contribution in [0.1, 0.15) is 16.8 Å². The standard InChI is InChI=1S/C12H17NO5S2/c1-18-12(14)10-6-3-4-7-11(10)20(16,17)13-8-5-9-19(2)15/h3-4,6-7,13H,5,8-9H2,1-2H3. The molecule has 0 aromatic heterocycles. The Hall–Kier alpha value is -1.25. The van der Waals surface area contributed by atoms with E-state index in [9.17, 15) is 17.4 Å². The van der Waals surface area contributed by atoms with E-state index in [1.54, 1.807) is 12.3 Å². The van der Waals surface area contributed by atoms with Gasteiger partial charge in [0.25, 0.3) is 0 Å². The summed E-state index contributed by atoms with van der Waals surface area (Å²) in [6.45, 7) is 0.164. The monoisotopic (exact) mass is 319 g/mol. The summed E-state index contributed by atoms with van der Waals surface area (Å²) < 4.78 is 42.1. The SMILES string of the molecule is COC(=O)c1ccccc1S(=O)(=O)NCCCS(C)=O. The number of carbonyl (C=O) groups excluding carboxylic acids is 1. The molecule has 0 amide bonds. The second kappa shape index (κ2) is 7.51. The number of carbonyl (C=O) groups is 1. The molecule has 1 N–H and O–H groups in total. The number of hydrogen-bond donors (Lipinski definition) is 1. The van der Waals surface area contributed by atoms with Gasteiger partial charge in [-0.15, -0.1) is 0 Å². The first-order chi connectivity index (χ1) is 9.38. The quantitative estimate of drug-likeness (QED) is 0.584. The van der Waals surface area contributed by atoms with Crippen LogP contribution in [0.2, 0.25) is 0 Å². The summed E-state index contributed by atoms with van der Waals surface area (Å²) in [5, 5.41) is 0. The van der Waals surface area contributed by atoms with Crippen LogP contribution in [0.15, 0.2) is 29.2 Å².